The monoisotopic (exact) mass is 307 g/mol. The van der Waals surface area contributed by atoms with Gasteiger partial charge in [0.05, 0.1) is 0 Å². The maximum Gasteiger partial charge on any atom is 0.410 e. The van der Waals surface area contributed by atoms with Gasteiger partial charge in [0.2, 0.25) is 0 Å². The highest BCUT2D eigenvalue weighted by atomic mass is 32.2. The molecule has 0 spiro atoms. The maximum absolute atomic E-state index is 12.0. The summed E-state index contributed by atoms with van der Waals surface area (Å²) in [5.41, 5.74) is 0.960. The van der Waals surface area contributed by atoms with Gasteiger partial charge >= 0.3 is 6.09 Å². The van der Waals surface area contributed by atoms with Gasteiger partial charge in [-0.25, -0.2) is 4.79 Å². The SMILES string of the molecule is CC(C)(C)OC(=O)N1CC[C@@H](CSCc2ccccc2)C1. The molecule has 1 amide bonds. The fourth-order valence-corrected chi connectivity index (χ4v) is 3.53. The van der Waals surface area contributed by atoms with E-state index in [1.165, 1.54) is 5.56 Å². The molecule has 116 valence electrons. The minimum absolute atomic E-state index is 0.168. The van der Waals surface area contributed by atoms with Crippen LogP contribution in [0, 0.1) is 5.92 Å². The van der Waals surface area contributed by atoms with Crippen LogP contribution in [0.2, 0.25) is 0 Å². The number of thioether (sulfide) groups is 1. The van der Waals surface area contributed by atoms with Crippen molar-refractivity contribution >= 4 is 17.9 Å². The molecule has 0 aliphatic carbocycles. The first-order chi connectivity index (χ1) is 9.94. The van der Waals surface area contributed by atoms with Gasteiger partial charge in [0.25, 0.3) is 0 Å². The molecule has 1 atom stereocenters. The molecule has 1 aromatic carbocycles. The number of carbonyl (C=O) groups excluding carboxylic acids is 1. The highest BCUT2D eigenvalue weighted by Crippen LogP contribution is 2.24. The fourth-order valence-electron chi connectivity index (χ4n) is 2.38. The van der Waals surface area contributed by atoms with Gasteiger partial charge < -0.3 is 9.64 Å². The van der Waals surface area contributed by atoms with E-state index in [0.717, 1.165) is 31.0 Å². The summed E-state index contributed by atoms with van der Waals surface area (Å²) >= 11 is 1.95. The van der Waals surface area contributed by atoms with Gasteiger partial charge in [-0.1, -0.05) is 30.3 Å². The third kappa shape index (κ3) is 5.62. The molecule has 1 aliphatic heterocycles. The maximum atomic E-state index is 12.0. The molecule has 0 unspecified atom stereocenters. The summed E-state index contributed by atoms with van der Waals surface area (Å²) in [5, 5.41) is 0. The zero-order valence-corrected chi connectivity index (χ0v) is 14.0. The van der Waals surface area contributed by atoms with Gasteiger partial charge in [-0.2, -0.15) is 11.8 Å². The van der Waals surface area contributed by atoms with Crippen molar-refractivity contribution in [2.75, 3.05) is 18.8 Å². The summed E-state index contributed by atoms with van der Waals surface area (Å²) in [6.45, 7) is 7.39. The van der Waals surface area contributed by atoms with Crippen LogP contribution >= 0.6 is 11.8 Å². The first kappa shape index (κ1) is 16.2. The Bertz CT molecular complexity index is 456. The minimum atomic E-state index is -0.406. The van der Waals surface area contributed by atoms with Crippen LogP contribution in [0.1, 0.15) is 32.8 Å². The molecule has 2 rings (SSSR count). The van der Waals surface area contributed by atoms with E-state index in [4.69, 9.17) is 4.74 Å². The van der Waals surface area contributed by atoms with Crippen molar-refractivity contribution in [3.63, 3.8) is 0 Å². The van der Waals surface area contributed by atoms with Gasteiger partial charge in [-0.3, -0.25) is 0 Å². The molecule has 1 saturated heterocycles. The largest absolute Gasteiger partial charge is 0.444 e. The summed E-state index contributed by atoms with van der Waals surface area (Å²) in [6.07, 6.45) is 0.916. The quantitative estimate of drug-likeness (QED) is 0.836. The number of carbonyl (C=O) groups is 1. The van der Waals surface area contributed by atoms with Crippen molar-refractivity contribution in [3.05, 3.63) is 35.9 Å². The molecule has 1 fully saturated rings. The fraction of sp³-hybridized carbons (Fsp3) is 0.588. The van der Waals surface area contributed by atoms with Crippen molar-refractivity contribution in [1.29, 1.82) is 0 Å². The van der Waals surface area contributed by atoms with E-state index in [1.807, 2.05) is 43.5 Å². The highest BCUT2D eigenvalue weighted by Gasteiger charge is 2.29. The molecule has 3 nitrogen and oxygen atoms in total. The van der Waals surface area contributed by atoms with Gasteiger partial charge in [-0.15, -0.1) is 0 Å². The Balaban J connectivity index is 1.69. The van der Waals surface area contributed by atoms with Gasteiger partial charge in [0, 0.05) is 18.8 Å². The zero-order chi connectivity index (χ0) is 15.3. The second-order valence-corrected chi connectivity index (χ2v) is 7.61. The van der Waals surface area contributed by atoms with Crippen molar-refractivity contribution < 1.29 is 9.53 Å². The molecule has 0 bridgehead atoms. The molecule has 1 aliphatic rings. The summed E-state index contributed by atoms with van der Waals surface area (Å²) in [7, 11) is 0. The minimum Gasteiger partial charge on any atom is -0.444 e. The average molecular weight is 307 g/mol. The van der Waals surface area contributed by atoms with Crippen LogP contribution in [0.5, 0.6) is 0 Å². The molecular formula is C17H25NO2S. The Morgan fingerprint density at radius 3 is 2.71 bits per heavy atom. The Kier molecular flexibility index (Phi) is 5.57. The normalized spacial score (nSPS) is 18.8. The molecular weight excluding hydrogens is 282 g/mol. The molecule has 0 radical (unpaired) electrons. The van der Waals surface area contributed by atoms with Gasteiger partial charge in [-0.05, 0) is 44.4 Å². The molecule has 0 N–H and O–H groups in total. The smallest absolute Gasteiger partial charge is 0.410 e. The van der Waals surface area contributed by atoms with E-state index in [2.05, 4.69) is 24.3 Å². The lowest BCUT2D eigenvalue weighted by Crippen LogP contribution is -2.35. The van der Waals surface area contributed by atoms with Crippen LogP contribution in [0.15, 0.2) is 30.3 Å². The zero-order valence-electron chi connectivity index (χ0n) is 13.2. The van der Waals surface area contributed by atoms with Crippen LogP contribution in [0.3, 0.4) is 0 Å². The summed E-state index contributed by atoms with van der Waals surface area (Å²) in [5.74, 6) is 2.74. The standard InChI is InChI=1S/C17H25NO2S/c1-17(2,3)20-16(19)18-10-9-15(11-18)13-21-12-14-7-5-4-6-8-14/h4-8,15H,9-13H2,1-3H3/t15-/m1/s1. The Hall–Kier alpha value is -1.16. The predicted molar refractivity (Wildman–Crippen MR) is 88.5 cm³/mol. The van der Waals surface area contributed by atoms with Crippen LogP contribution in [0.25, 0.3) is 0 Å². The lowest BCUT2D eigenvalue weighted by molar-refractivity contribution is 0.0289. The van der Waals surface area contributed by atoms with Crippen LogP contribution < -0.4 is 0 Å². The molecule has 1 aromatic rings. The first-order valence-electron chi connectivity index (χ1n) is 7.53. The number of hydrogen-bond donors (Lipinski definition) is 0. The Morgan fingerprint density at radius 1 is 1.33 bits per heavy atom. The van der Waals surface area contributed by atoms with Crippen molar-refractivity contribution in [2.24, 2.45) is 5.92 Å². The van der Waals surface area contributed by atoms with Crippen molar-refractivity contribution in [1.82, 2.24) is 4.90 Å². The molecule has 21 heavy (non-hydrogen) atoms. The van der Waals surface area contributed by atoms with E-state index in [9.17, 15) is 4.79 Å². The van der Waals surface area contributed by atoms with Gasteiger partial charge in [0.1, 0.15) is 5.60 Å². The van der Waals surface area contributed by atoms with E-state index in [-0.39, 0.29) is 6.09 Å². The summed E-state index contributed by atoms with van der Waals surface area (Å²) in [4.78, 5) is 13.8. The summed E-state index contributed by atoms with van der Waals surface area (Å²) in [6, 6.07) is 10.5. The third-order valence-electron chi connectivity index (χ3n) is 3.40. The van der Waals surface area contributed by atoms with Crippen LogP contribution in [-0.4, -0.2) is 35.4 Å². The van der Waals surface area contributed by atoms with Crippen LogP contribution in [0.4, 0.5) is 4.79 Å². The highest BCUT2D eigenvalue weighted by molar-refractivity contribution is 7.98. The first-order valence-corrected chi connectivity index (χ1v) is 8.69. The Morgan fingerprint density at radius 2 is 2.05 bits per heavy atom. The summed E-state index contributed by atoms with van der Waals surface area (Å²) < 4.78 is 5.42. The molecule has 0 aromatic heterocycles. The lowest BCUT2D eigenvalue weighted by Gasteiger charge is -2.24. The number of ether oxygens (including phenoxy) is 1. The average Bonchev–Trinajstić information content (AvgIpc) is 2.87. The van der Waals surface area contributed by atoms with Crippen molar-refractivity contribution in [3.8, 4) is 0 Å². The molecule has 0 saturated carbocycles. The predicted octanol–water partition coefficient (Wildman–Crippen LogP) is 4.18. The topological polar surface area (TPSA) is 29.5 Å². The number of rotatable bonds is 4. The van der Waals surface area contributed by atoms with E-state index in [0.29, 0.717) is 5.92 Å². The van der Waals surface area contributed by atoms with Gasteiger partial charge in [0.15, 0.2) is 0 Å². The number of hydrogen-bond acceptors (Lipinski definition) is 3. The number of likely N-dealkylation sites (tertiary alicyclic amines) is 1. The van der Waals surface area contributed by atoms with E-state index < -0.39 is 5.60 Å². The molecule has 4 heteroatoms. The van der Waals surface area contributed by atoms with E-state index in [1.54, 1.807) is 0 Å². The lowest BCUT2D eigenvalue weighted by atomic mass is 10.2. The molecule has 1 heterocycles. The number of nitrogens with zero attached hydrogens (tertiary/aromatic N) is 1. The van der Waals surface area contributed by atoms with Crippen LogP contribution in [-0.2, 0) is 10.5 Å². The van der Waals surface area contributed by atoms with E-state index >= 15 is 0 Å². The van der Waals surface area contributed by atoms with Crippen molar-refractivity contribution in [2.45, 2.75) is 38.5 Å². The second kappa shape index (κ2) is 7.21. The third-order valence-corrected chi connectivity index (χ3v) is 4.65. The second-order valence-electron chi connectivity index (χ2n) is 6.58. The number of amides is 1. The Labute approximate surface area is 132 Å². The number of benzene rings is 1.